The van der Waals surface area contributed by atoms with Gasteiger partial charge in [0.2, 0.25) is 0 Å². The van der Waals surface area contributed by atoms with Crippen LogP contribution in [0.5, 0.6) is 0 Å². The number of rotatable bonds is 0. The first-order valence-corrected chi connectivity index (χ1v) is 2.17. The Hall–Kier alpha value is 0.550. The average Bonchev–Trinajstić information content (AvgIpc) is 1.70. The first-order valence-electron chi connectivity index (χ1n) is 5.86. The Balaban J connectivity index is 0. The van der Waals surface area contributed by atoms with Crippen LogP contribution in [0.4, 0.5) is 0 Å². The van der Waals surface area contributed by atoms with Gasteiger partial charge in [-0.25, -0.2) is 0 Å². The van der Waals surface area contributed by atoms with Crippen molar-refractivity contribution in [3.05, 3.63) is 0 Å². The van der Waals surface area contributed by atoms with Crippen LogP contribution in [-0.4, -0.2) is 25.3 Å². The van der Waals surface area contributed by atoms with Crippen molar-refractivity contribution in [2.24, 2.45) is 4.99 Å². The lowest BCUT2D eigenvalue weighted by Crippen LogP contribution is -2.12. The summed E-state index contributed by atoms with van der Waals surface area (Å²) < 4.78 is 61.6. The summed E-state index contributed by atoms with van der Waals surface area (Å²) in [6.07, 6.45) is -2.57. The summed E-state index contributed by atoms with van der Waals surface area (Å²) in [7, 11) is 0. The lowest BCUT2D eigenvalue weighted by molar-refractivity contribution is 1.18. The van der Waals surface area contributed by atoms with E-state index in [1.165, 1.54) is 0 Å². The lowest BCUT2D eigenvalue weighted by Gasteiger charge is -1.95. The summed E-state index contributed by atoms with van der Waals surface area (Å²) in [5, 5.41) is 1.11. The average molecular weight is 255 g/mol. The lowest BCUT2D eigenvalue weighted by atomic mass is 11.1. The summed E-state index contributed by atoms with van der Waals surface area (Å²) in [4.78, 5) is 3.03. The second kappa shape index (κ2) is 7.55. The van der Waals surface area contributed by atoms with Crippen LogP contribution in [0.3, 0.4) is 0 Å². The molecule has 2 nitrogen and oxygen atoms in total. The Bertz CT molecular complexity index is 248. The smallest absolute Gasteiger partial charge is 0.155 e. The normalized spacial score (nSPS) is 31.5. The predicted molar refractivity (Wildman–Crippen MR) is 51.3 cm³/mol. The van der Waals surface area contributed by atoms with Crippen LogP contribution in [-0.2, 0) is 0 Å². The van der Waals surface area contributed by atoms with Gasteiger partial charge in [-0.2, -0.15) is 0 Å². The van der Waals surface area contributed by atoms with Crippen molar-refractivity contribution >= 4 is 40.9 Å². The van der Waals surface area contributed by atoms with Crippen molar-refractivity contribution in [2.45, 2.75) is 0 Å². The molecule has 0 saturated heterocycles. The first-order chi connectivity index (χ1) is 6.79. The molecule has 0 aromatic rings. The van der Waals surface area contributed by atoms with Crippen molar-refractivity contribution < 1.29 is 12.3 Å². The molecule has 0 fully saturated rings. The number of hydrogen-bond donors (Lipinski definition) is 1. The van der Waals surface area contributed by atoms with E-state index in [4.69, 9.17) is 12.3 Å². The molecule has 0 bridgehead atoms. The van der Waals surface area contributed by atoms with Gasteiger partial charge < -0.3 is 5.32 Å². The fraction of sp³-hybridized carbons (Fsp3) is 0.750. The fourth-order valence-corrected chi connectivity index (χ4v) is 0.173. The highest BCUT2D eigenvalue weighted by Crippen LogP contribution is 1.90. The fourth-order valence-electron chi connectivity index (χ4n) is 0.0763. The third kappa shape index (κ3) is 4.70. The minimum absolute atomic E-state index is 0. The molecular weight excluding hydrogens is 235 g/mol. The molecule has 1 N–H and O–H groups in total. The van der Waals surface area contributed by atoms with E-state index < -0.39 is 25.3 Å². The summed E-state index contributed by atoms with van der Waals surface area (Å²) in [6, 6.07) is 0. The van der Waals surface area contributed by atoms with Crippen LogP contribution in [0.1, 0.15) is 12.3 Å². The van der Waals surface area contributed by atoms with E-state index in [-0.39, 0.29) is 35.7 Å². The van der Waals surface area contributed by atoms with Gasteiger partial charge in [0.15, 0.2) is 5.17 Å². The van der Waals surface area contributed by atoms with Crippen molar-refractivity contribution in [1.82, 2.24) is 5.32 Å². The van der Waals surface area contributed by atoms with Gasteiger partial charge in [-0.1, -0.05) is 11.8 Å². The zero-order valence-electron chi connectivity index (χ0n) is 12.8. The van der Waals surface area contributed by atoms with Gasteiger partial charge in [0.05, 0.1) is 0 Å². The summed E-state index contributed by atoms with van der Waals surface area (Å²) in [5.41, 5.74) is 0. The van der Waals surface area contributed by atoms with E-state index in [0.717, 1.165) is 0 Å². The molecule has 0 aliphatic carbocycles. The Morgan fingerprint density at radius 3 is 3.25 bits per heavy atom. The first kappa shape index (κ1) is 2.02. The van der Waals surface area contributed by atoms with Gasteiger partial charge in [-0.05, 0) is 6.18 Å². The number of aliphatic imine (C=N–C) groups is 1. The number of hydrogen-bond acceptors (Lipinski definition) is 2. The molecule has 0 rings (SSSR count). The van der Waals surface area contributed by atoms with E-state index in [1.807, 2.05) is 0 Å². The Morgan fingerprint density at radius 2 is 2.75 bits per heavy atom. The van der Waals surface area contributed by atoms with Crippen LogP contribution >= 0.6 is 35.7 Å². The second-order valence-corrected chi connectivity index (χ2v) is 1.23. The van der Waals surface area contributed by atoms with Crippen molar-refractivity contribution in [1.29, 1.82) is 0 Å². The topological polar surface area (TPSA) is 24.4 Å². The maximum absolute atomic E-state index is 6.89. The molecule has 4 heteroatoms. The number of nitrogens with one attached hydrogen (secondary N) is 1. The molecule has 0 aromatic heterocycles. The maximum atomic E-state index is 6.89. The standard InChI is InChI=1S/C4H10N2S.HI/c1-5-4(6-2)7-3;/h1-3H3,(H,5,6);1H/i1D3,2D3,3D3;. The van der Waals surface area contributed by atoms with Crippen LogP contribution in [0.15, 0.2) is 4.99 Å². The van der Waals surface area contributed by atoms with Crippen molar-refractivity contribution in [3.8, 4) is 0 Å². The van der Waals surface area contributed by atoms with E-state index in [2.05, 4.69) is 4.99 Å². The van der Waals surface area contributed by atoms with Crippen LogP contribution in [0, 0.1) is 0 Å². The molecule has 8 heavy (non-hydrogen) atoms. The SMILES string of the molecule is I.[2H]C([2H])([2H])N=C(NC([2H])([2H])[2H])SC([2H])([2H])[2H]. The number of halogens is 1. The molecule has 0 atom stereocenters. The third-order valence-corrected chi connectivity index (χ3v) is 0.692. The summed E-state index contributed by atoms with van der Waals surface area (Å²) >= 11 is 0.0745. The Kier molecular flexibility index (Phi) is 1.90. The minimum Gasteiger partial charge on any atom is -0.368 e. The summed E-state index contributed by atoms with van der Waals surface area (Å²) in [6.45, 7) is -5.48. The Labute approximate surface area is 84.2 Å². The molecule has 0 heterocycles. The van der Waals surface area contributed by atoms with Gasteiger partial charge in [0.25, 0.3) is 0 Å². The molecule has 0 amide bonds. The van der Waals surface area contributed by atoms with Gasteiger partial charge in [0, 0.05) is 26.3 Å². The molecule has 50 valence electrons. The van der Waals surface area contributed by atoms with Gasteiger partial charge in [-0.15, -0.1) is 24.0 Å². The Morgan fingerprint density at radius 1 is 1.88 bits per heavy atom. The van der Waals surface area contributed by atoms with E-state index in [0.29, 0.717) is 0 Å². The quantitative estimate of drug-likeness (QED) is 0.399. The molecule has 0 aromatic carbocycles. The monoisotopic (exact) mass is 255 g/mol. The van der Waals surface area contributed by atoms with E-state index >= 15 is 0 Å². The van der Waals surface area contributed by atoms with E-state index in [1.54, 1.807) is 5.32 Å². The van der Waals surface area contributed by atoms with Crippen LogP contribution < -0.4 is 5.32 Å². The molecule has 0 radical (unpaired) electrons. The van der Waals surface area contributed by atoms with E-state index in [9.17, 15) is 0 Å². The molecular formula is C4H11IN2S. The number of thioether (sulfide) groups is 1. The van der Waals surface area contributed by atoms with Gasteiger partial charge in [-0.3, -0.25) is 4.99 Å². The van der Waals surface area contributed by atoms with Crippen molar-refractivity contribution in [3.63, 3.8) is 0 Å². The molecule has 0 aliphatic heterocycles. The summed E-state index contributed by atoms with van der Waals surface area (Å²) in [5.74, 6) is 0. The van der Waals surface area contributed by atoms with Crippen LogP contribution in [0.2, 0.25) is 0 Å². The highest BCUT2D eigenvalue weighted by atomic mass is 127. The molecule has 0 spiro atoms. The molecule has 0 saturated carbocycles. The second-order valence-electron chi connectivity index (χ2n) is 0.644. The number of nitrogens with zero attached hydrogens (tertiary/aromatic N) is 1. The maximum Gasteiger partial charge on any atom is 0.155 e. The number of amidine groups is 1. The third-order valence-electron chi connectivity index (χ3n) is 0.305. The molecule has 0 aliphatic rings. The highest BCUT2D eigenvalue weighted by Gasteiger charge is 1.83. The molecule has 0 unspecified atom stereocenters. The van der Waals surface area contributed by atoms with Gasteiger partial charge >= 0.3 is 0 Å². The minimum atomic E-state index is -2.79. The zero-order chi connectivity index (χ0) is 13.2. The van der Waals surface area contributed by atoms with Crippen molar-refractivity contribution in [2.75, 3.05) is 20.1 Å². The van der Waals surface area contributed by atoms with Gasteiger partial charge in [0.1, 0.15) is 0 Å². The van der Waals surface area contributed by atoms with Crippen LogP contribution in [0.25, 0.3) is 0 Å². The predicted octanol–water partition coefficient (Wildman–Crippen LogP) is 1.17. The largest absolute Gasteiger partial charge is 0.368 e. The zero-order valence-corrected chi connectivity index (χ0v) is 6.91. The highest BCUT2D eigenvalue weighted by molar-refractivity contribution is 14.0.